The van der Waals surface area contributed by atoms with Crippen molar-refractivity contribution in [2.24, 2.45) is 0 Å². The Morgan fingerprint density at radius 2 is 2.00 bits per heavy atom. The zero-order chi connectivity index (χ0) is 19.5. The van der Waals surface area contributed by atoms with Gasteiger partial charge in [0.2, 0.25) is 5.82 Å². The summed E-state index contributed by atoms with van der Waals surface area (Å²) in [4.78, 5) is 27.5. The van der Waals surface area contributed by atoms with Crippen molar-refractivity contribution < 1.29 is 9.66 Å². The molecule has 9 heteroatoms. The standard InChI is InChI=1S/C19H14N6O3/c1-12-7-8-13-4-2-6-15(16(13)23-12)24-18-17(25(26)27)19(22-11-21-18)28-14-5-3-9-20-10-14/h2-11H,1H3,(H,21,22,24). The van der Waals surface area contributed by atoms with Gasteiger partial charge in [0.05, 0.1) is 22.3 Å². The SMILES string of the molecule is Cc1ccc2cccc(Nc3ncnc(Oc4cccnc4)c3[N+](=O)[O-])c2n1. The summed E-state index contributed by atoms with van der Waals surface area (Å²) in [5, 5.41) is 15.6. The Morgan fingerprint density at radius 1 is 1.11 bits per heavy atom. The lowest BCUT2D eigenvalue weighted by molar-refractivity contribution is -0.385. The Hall–Kier alpha value is -4.14. The van der Waals surface area contributed by atoms with Gasteiger partial charge in [0, 0.05) is 17.3 Å². The van der Waals surface area contributed by atoms with Crippen molar-refractivity contribution in [3.63, 3.8) is 0 Å². The third kappa shape index (κ3) is 3.40. The number of aryl methyl sites for hydroxylation is 1. The lowest BCUT2D eigenvalue weighted by Gasteiger charge is -2.11. The van der Waals surface area contributed by atoms with E-state index in [0.29, 0.717) is 17.0 Å². The fourth-order valence-electron chi connectivity index (χ4n) is 2.69. The van der Waals surface area contributed by atoms with Crippen molar-refractivity contribution in [2.45, 2.75) is 6.92 Å². The van der Waals surface area contributed by atoms with Gasteiger partial charge in [0.1, 0.15) is 12.1 Å². The summed E-state index contributed by atoms with van der Waals surface area (Å²) in [5.41, 5.74) is 1.73. The van der Waals surface area contributed by atoms with E-state index < -0.39 is 4.92 Å². The largest absolute Gasteiger partial charge is 0.432 e. The molecule has 0 radical (unpaired) electrons. The first-order valence-electron chi connectivity index (χ1n) is 8.32. The maximum atomic E-state index is 11.7. The van der Waals surface area contributed by atoms with Gasteiger partial charge in [0.25, 0.3) is 0 Å². The zero-order valence-corrected chi connectivity index (χ0v) is 14.7. The number of hydrogen-bond donors (Lipinski definition) is 1. The van der Waals surface area contributed by atoms with E-state index in [1.807, 2.05) is 31.2 Å². The topological polar surface area (TPSA) is 116 Å². The smallest absolute Gasteiger partial charge is 0.373 e. The van der Waals surface area contributed by atoms with Gasteiger partial charge in [-0.3, -0.25) is 20.1 Å². The van der Waals surface area contributed by atoms with Gasteiger partial charge in [-0.05, 0) is 31.2 Å². The molecule has 0 spiro atoms. The molecule has 0 bridgehead atoms. The molecule has 9 nitrogen and oxygen atoms in total. The maximum absolute atomic E-state index is 11.7. The molecule has 1 N–H and O–H groups in total. The third-order valence-corrected chi connectivity index (χ3v) is 3.93. The van der Waals surface area contributed by atoms with Crippen LogP contribution in [0.15, 0.2) is 61.2 Å². The monoisotopic (exact) mass is 374 g/mol. The van der Waals surface area contributed by atoms with Crippen molar-refractivity contribution in [3.05, 3.63) is 77.0 Å². The fraction of sp³-hybridized carbons (Fsp3) is 0.0526. The van der Waals surface area contributed by atoms with Crippen LogP contribution in [0.5, 0.6) is 11.6 Å². The molecular weight excluding hydrogens is 360 g/mol. The summed E-state index contributed by atoms with van der Waals surface area (Å²) in [6.45, 7) is 1.88. The maximum Gasteiger partial charge on any atom is 0.373 e. The number of rotatable bonds is 5. The van der Waals surface area contributed by atoms with Crippen molar-refractivity contribution in [1.29, 1.82) is 0 Å². The second-order valence-electron chi connectivity index (χ2n) is 5.88. The molecule has 3 aromatic heterocycles. The van der Waals surface area contributed by atoms with E-state index in [2.05, 4.69) is 25.3 Å². The van der Waals surface area contributed by atoms with Gasteiger partial charge in [-0.1, -0.05) is 18.2 Å². The molecule has 0 saturated heterocycles. The molecule has 138 valence electrons. The summed E-state index contributed by atoms with van der Waals surface area (Å²) in [6, 6.07) is 12.7. The van der Waals surface area contributed by atoms with E-state index in [-0.39, 0.29) is 17.4 Å². The van der Waals surface area contributed by atoms with Crippen LogP contribution in [0.1, 0.15) is 5.69 Å². The van der Waals surface area contributed by atoms with Crippen LogP contribution >= 0.6 is 0 Å². The van der Waals surface area contributed by atoms with Gasteiger partial charge >= 0.3 is 11.6 Å². The Morgan fingerprint density at radius 3 is 2.79 bits per heavy atom. The predicted octanol–water partition coefficient (Wildman–Crippen LogP) is 4.17. The van der Waals surface area contributed by atoms with Gasteiger partial charge < -0.3 is 10.1 Å². The minimum Gasteiger partial charge on any atom is -0.432 e. The van der Waals surface area contributed by atoms with Gasteiger partial charge in [-0.15, -0.1) is 0 Å². The van der Waals surface area contributed by atoms with Crippen LogP contribution < -0.4 is 10.1 Å². The number of ether oxygens (including phenoxy) is 1. The van der Waals surface area contributed by atoms with Crippen LogP contribution in [0.3, 0.4) is 0 Å². The van der Waals surface area contributed by atoms with Gasteiger partial charge in [0.15, 0.2) is 0 Å². The van der Waals surface area contributed by atoms with Crippen molar-refractivity contribution in [1.82, 2.24) is 19.9 Å². The molecule has 0 aliphatic rings. The molecule has 28 heavy (non-hydrogen) atoms. The number of para-hydroxylation sites is 1. The van der Waals surface area contributed by atoms with E-state index in [1.54, 1.807) is 24.4 Å². The van der Waals surface area contributed by atoms with E-state index >= 15 is 0 Å². The van der Waals surface area contributed by atoms with Crippen molar-refractivity contribution in [2.75, 3.05) is 5.32 Å². The molecule has 0 aliphatic carbocycles. The van der Waals surface area contributed by atoms with Crippen LogP contribution in [0.4, 0.5) is 17.2 Å². The summed E-state index contributed by atoms with van der Waals surface area (Å²) in [7, 11) is 0. The predicted molar refractivity (Wildman–Crippen MR) is 103 cm³/mol. The number of hydrogen-bond acceptors (Lipinski definition) is 8. The molecule has 0 atom stereocenters. The molecule has 0 saturated carbocycles. The third-order valence-electron chi connectivity index (χ3n) is 3.93. The first kappa shape index (κ1) is 17.3. The number of pyridine rings is 2. The summed E-state index contributed by atoms with van der Waals surface area (Å²) < 4.78 is 5.54. The number of nitrogens with zero attached hydrogens (tertiary/aromatic N) is 5. The lowest BCUT2D eigenvalue weighted by Crippen LogP contribution is -2.04. The van der Waals surface area contributed by atoms with Crippen LogP contribution in [0, 0.1) is 17.0 Å². The first-order valence-corrected chi connectivity index (χ1v) is 8.32. The van der Waals surface area contributed by atoms with Crippen LogP contribution in [0.2, 0.25) is 0 Å². The normalized spacial score (nSPS) is 10.6. The Labute approximate surface area is 159 Å². The highest BCUT2D eigenvalue weighted by molar-refractivity contribution is 5.92. The van der Waals surface area contributed by atoms with Crippen molar-refractivity contribution >= 4 is 28.1 Å². The lowest BCUT2D eigenvalue weighted by atomic mass is 10.1. The van der Waals surface area contributed by atoms with E-state index in [0.717, 1.165) is 11.1 Å². The quantitative estimate of drug-likeness (QED) is 0.409. The highest BCUT2D eigenvalue weighted by Crippen LogP contribution is 2.36. The Kier molecular flexibility index (Phi) is 4.47. The average Bonchev–Trinajstić information content (AvgIpc) is 2.69. The van der Waals surface area contributed by atoms with Crippen LogP contribution in [-0.4, -0.2) is 24.9 Å². The molecule has 1 aromatic carbocycles. The summed E-state index contributed by atoms with van der Waals surface area (Å²) in [5.74, 6) is 0.160. The first-order chi connectivity index (χ1) is 13.6. The van der Waals surface area contributed by atoms with Gasteiger partial charge in [-0.2, -0.15) is 4.98 Å². The second kappa shape index (κ2) is 7.23. The Balaban J connectivity index is 1.77. The molecule has 0 amide bonds. The number of nitrogens with one attached hydrogen (secondary N) is 1. The number of anilines is 2. The zero-order valence-electron chi connectivity index (χ0n) is 14.7. The summed E-state index contributed by atoms with van der Waals surface area (Å²) in [6.07, 6.45) is 4.21. The van der Waals surface area contributed by atoms with E-state index in [4.69, 9.17) is 4.74 Å². The van der Waals surface area contributed by atoms with Crippen molar-refractivity contribution in [3.8, 4) is 11.6 Å². The minimum absolute atomic E-state index is 0.00898. The minimum atomic E-state index is -0.585. The van der Waals surface area contributed by atoms with E-state index in [1.165, 1.54) is 12.5 Å². The molecule has 3 heterocycles. The molecule has 0 unspecified atom stereocenters. The number of aromatic nitrogens is 4. The van der Waals surface area contributed by atoms with Crippen LogP contribution in [-0.2, 0) is 0 Å². The molecule has 0 fully saturated rings. The number of fused-ring (bicyclic) bond motifs is 1. The molecular formula is C19H14N6O3. The molecule has 0 aliphatic heterocycles. The number of nitro groups is 1. The van der Waals surface area contributed by atoms with Gasteiger partial charge in [-0.25, -0.2) is 4.98 Å². The fourth-order valence-corrected chi connectivity index (χ4v) is 2.69. The molecule has 4 rings (SSSR count). The highest BCUT2D eigenvalue weighted by atomic mass is 16.6. The number of benzene rings is 1. The molecule has 4 aromatic rings. The Bertz CT molecular complexity index is 1170. The summed E-state index contributed by atoms with van der Waals surface area (Å²) >= 11 is 0. The van der Waals surface area contributed by atoms with E-state index in [9.17, 15) is 10.1 Å². The highest BCUT2D eigenvalue weighted by Gasteiger charge is 2.25. The second-order valence-corrected chi connectivity index (χ2v) is 5.88. The average molecular weight is 374 g/mol. The van der Waals surface area contributed by atoms with Crippen LogP contribution in [0.25, 0.3) is 10.9 Å².